The molecule has 0 aromatic carbocycles. The molecule has 0 bridgehead atoms. The minimum atomic E-state index is -0.0107. The molecule has 6 heteroatoms. The first-order valence-electron chi connectivity index (χ1n) is 5.18. The van der Waals surface area contributed by atoms with E-state index < -0.39 is 0 Å². The lowest BCUT2D eigenvalue weighted by Gasteiger charge is -2.24. The Balaban J connectivity index is 2.60. The second kappa shape index (κ2) is 4.98. The third kappa shape index (κ3) is 3.90. The van der Waals surface area contributed by atoms with Crippen molar-refractivity contribution in [3.05, 3.63) is 6.07 Å². The van der Waals surface area contributed by atoms with Crippen molar-refractivity contribution in [3.8, 4) is 0 Å². The van der Waals surface area contributed by atoms with Crippen LogP contribution in [0, 0.1) is 5.41 Å². The van der Waals surface area contributed by atoms with Crippen molar-refractivity contribution in [2.24, 2.45) is 5.41 Å². The van der Waals surface area contributed by atoms with E-state index in [1.165, 1.54) is 0 Å². The van der Waals surface area contributed by atoms with Crippen LogP contribution in [0.4, 0.5) is 17.6 Å². The van der Waals surface area contributed by atoms with Gasteiger partial charge < -0.3 is 21.9 Å². The summed E-state index contributed by atoms with van der Waals surface area (Å²) in [5.41, 5.74) is 11.0. The Morgan fingerprint density at radius 2 is 2.06 bits per heavy atom. The van der Waals surface area contributed by atoms with Crippen molar-refractivity contribution < 1.29 is 5.11 Å². The van der Waals surface area contributed by atoms with Gasteiger partial charge in [0, 0.05) is 19.2 Å². The van der Waals surface area contributed by atoms with Crippen molar-refractivity contribution in [2.45, 2.75) is 20.3 Å². The molecule has 1 aromatic rings. The maximum atomic E-state index is 8.89. The molecule has 16 heavy (non-hydrogen) atoms. The molecule has 0 radical (unpaired) electrons. The Labute approximate surface area is 95.1 Å². The van der Waals surface area contributed by atoms with E-state index >= 15 is 0 Å². The van der Waals surface area contributed by atoms with Crippen LogP contribution in [0.5, 0.6) is 0 Å². The Morgan fingerprint density at radius 3 is 2.62 bits per heavy atom. The molecule has 0 saturated heterocycles. The van der Waals surface area contributed by atoms with E-state index in [1.54, 1.807) is 6.07 Å². The van der Waals surface area contributed by atoms with Crippen LogP contribution in [0.2, 0.25) is 0 Å². The highest BCUT2D eigenvalue weighted by molar-refractivity contribution is 5.48. The van der Waals surface area contributed by atoms with Crippen molar-refractivity contribution in [1.82, 2.24) is 9.97 Å². The number of anilines is 3. The molecular formula is C10H19N5O. The fraction of sp³-hybridized carbons (Fsp3) is 0.600. The Kier molecular flexibility index (Phi) is 3.89. The van der Waals surface area contributed by atoms with Crippen LogP contribution in [0.1, 0.15) is 20.3 Å². The van der Waals surface area contributed by atoms with Gasteiger partial charge in [-0.1, -0.05) is 13.8 Å². The second-order valence-corrected chi connectivity index (χ2v) is 4.53. The predicted molar refractivity (Wildman–Crippen MR) is 64.8 cm³/mol. The molecule has 0 atom stereocenters. The van der Waals surface area contributed by atoms with Gasteiger partial charge in [-0.15, -0.1) is 0 Å². The number of nitrogens with two attached hydrogens (primary N) is 2. The third-order valence-electron chi connectivity index (χ3n) is 2.30. The first kappa shape index (κ1) is 12.5. The first-order valence-corrected chi connectivity index (χ1v) is 5.18. The highest BCUT2D eigenvalue weighted by Gasteiger charge is 2.17. The van der Waals surface area contributed by atoms with Crippen LogP contribution in [0.3, 0.4) is 0 Å². The molecule has 90 valence electrons. The maximum Gasteiger partial charge on any atom is 0.223 e. The van der Waals surface area contributed by atoms with Crippen molar-refractivity contribution in [3.63, 3.8) is 0 Å². The van der Waals surface area contributed by atoms with Gasteiger partial charge in [0.05, 0.1) is 0 Å². The lowest BCUT2D eigenvalue weighted by molar-refractivity contribution is 0.220. The van der Waals surface area contributed by atoms with Crippen molar-refractivity contribution >= 4 is 17.6 Å². The van der Waals surface area contributed by atoms with Gasteiger partial charge in [-0.25, -0.2) is 0 Å². The van der Waals surface area contributed by atoms with Gasteiger partial charge in [0.15, 0.2) is 0 Å². The number of nitrogen functional groups attached to an aromatic ring is 2. The van der Waals surface area contributed by atoms with E-state index in [0.29, 0.717) is 18.2 Å². The minimum Gasteiger partial charge on any atom is -0.396 e. The predicted octanol–water partition coefficient (Wildman–Crippen LogP) is 0.462. The largest absolute Gasteiger partial charge is 0.396 e. The monoisotopic (exact) mass is 225 g/mol. The summed E-state index contributed by atoms with van der Waals surface area (Å²) >= 11 is 0. The zero-order chi connectivity index (χ0) is 12.2. The maximum absolute atomic E-state index is 8.89. The van der Waals surface area contributed by atoms with E-state index in [-0.39, 0.29) is 18.0 Å². The van der Waals surface area contributed by atoms with Crippen LogP contribution >= 0.6 is 0 Å². The number of nitrogens with one attached hydrogen (secondary N) is 1. The molecule has 6 N–H and O–H groups in total. The Morgan fingerprint density at radius 1 is 1.38 bits per heavy atom. The normalized spacial score (nSPS) is 11.4. The van der Waals surface area contributed by atoms with Crippen LogP contribution < -0.4 is 16.8 Å². The van der Waals surface area contributed by atoms with Gasteiger partial charge in [-0.2, -0.15) is 9.97 Å². The zero-order valence-electron chi connectivity index (χ0n) is 9.70. The SMILES string of the molecule is CC(C)(CCO)CNc1cc(N)nc(N)n1. The first-order chi connectivity index (χ1) is 7.43. The zero-order valence-corrected chi connectivity index (χ0v) is 9.70. The number of hydrogen-bond acceptors (Lipinski definition) is 6. The quantitative estimate of drug-likeness (QED) is 0.579. The van der Waals surface area contributed by atoms with Crippen LogP contribution in [-0.2, 0) is 0 Å². The number of rotatable bonds is 5. The molecule has 1 rings (SSSR count). The van der Waals surface area contributed by atoms with E-state index in [4.69, 9.17) is 16.6 Å². The van der Waals surface area contributed by atoms with E-state index in [2.05, 4.69) is 29.1 Å². The van der Waals surface area contributed by atoms with Crippen molar-refractivity contribution in [2.75, 3.05) is 29.9 Å². The molecule has 1 aromatic heterocycles. The minimum absolute atomic E-state index is 0.0107. The summed E-state index contributed by atoms with van der Waals surface area (Å²) in [4.78, 5) is 7.79. The van der Waals surface area contributed by atoms with E-state index in [9.17, 15) is 0 Å². The van der Waals surface area contributed by atoms with Crippen LogP contribution in [-0.4, -0.2) is 28.2 Å². The van der Waals surface area contributed by atoms with Crippen molar-refractivity contribution in [1.29, 1.82) is 0 Å². The molecule has 6 nitrogen and oxygen atoms in total. The summed E-state index contributed by atoms with van der Waals surface area (Å²) in [6.07, 6.45) is 0.718. The number of aliphatic hydroxyl groups excluding tert-OH is 1. The molecule has 1 heterocycles. The molecule has 0 unspecified atom stereocenters. The Bertz CT molecular complexity index is 333. The molecule has 0 amide bonds. The third-order valence-corrected chi connectivity index (χ3v) is 2.30. The molecule has 0 saturated carbocycles. The fourth-order valence-electron chi connectivity index (χ4n) is 1.30. The Hall–Kier alpha value is -1.56. The topological polar surface area (TPSA) is 110 Å². The summed E-state index contributed by atoms with van der Waals surface area (Å²) in [5, 5.41) is 12.0. The average Bonchev–Trinajstić information content (AvgIpc) is 2.13. The summed E-state index contributed by atoms with van der Waals surface area (Å²) < 4.78 is 0. The van der Waals surface area contributed by atoms with Gasteiger partial charge in [0.25, 0.3) is 0 Å². The lowest BCUT2D eigenvalue weighted by Crippen LogP contribution is -2.24. The number of hydrogen-bond donors (Lipinski definition) is 4. The van der Waals surface area contributed by atoms with Gasteiger partial charge in [-0.05, 0) is 11.8 Å². The van der Waals surface area contributed by atoms with Gasteiger partial charge in [0.2, 0.25) is 5.95 Å². The van der Waals surface area contributed by atoms with Gasteiger partial charge in [-0.3, -0.25) is 0 Å². The number of aliphatic hydroxyl groups is 1. The number of nitrogens with zero attached hydrogens (tertiary/aromatic N) is 2. The van der Waals surface area contributed by atoms with E-state index in [0.717, 1.165) is 6.42 Å². The highest BCUT2D eigenvalue weighted by atomic mass is 16.3. The molecule has 0 aliphatic rings. The van der Waals surface area contributed by atoms with Crippen LogP contribution in [0.15, 0.2) is 6.07 Å². The smallest absolute Gasteiger partial charge is 0.223 e. The fourth-order valence-corrected chi connectivity index (χ4v) is 1.30. The molecule has 0 aliphatic heterocycles. The number of aromatic nitrogens is 2. The molecule has 0 fully saturated rings. The average molecular weight is 225 g/mol. The summed E-state index contributed by atoms with van der Waals surface area (Å²) in [6.45, 7) is 4.97. The second-order valence-electron chi connectivity index (χ2n) is 4.53. The van der Waals surface area contributed by atoms with Gasteiger partial charge >= 0.3 is 0 Å². The van der Waals surface area contributed by atoms with Crippen LogP contribution in [0.25, 0.3) is 0 Å². The molecule has 0 aliphatic carbocycles. The van der Waals surface area contributed by atoms with Gasteiger partial charge in [0.1, 0.15) is 11.6 Å². The van der Waals surface area contributed by atoms with E-state index in [1.807, 2.05) is 0 Å². The molecule has 0 spiro atoms. The highest BCUT2D eigenvalue weighted by Crippen LogP contribution is 2.20. The summed E-state index contributed by atoms with van der Waals surface area (Å²) in [5.74, 6) is 1.11. The summed E-state index contributed by atoms with van der Waals surface area (Å²) in [7, 11) is 0. The summed E-state index contributed by atoms with van der Waals surface area (Å²) in [6, 6.07) is 1.63. The standard InChI is InChI=1S/C10H19N5O/c1-10(2,3-4-16)6-13-8-5-7(11)14-9(12)15-8/h5,16H,3-4,6H2,1-2H3,(H5,11,12,13,14,15). The molecular weight excluding hydrogens is 206 g/mol. The lowest BCUT2D eigenvalue weighted by atomic mass is 9.90.